The molecule has 4 heterocycles. The number of fused-ring (bicyclic) bond motifs is 3. The van der Waals surface area contributed by atoms with Crippen LogP contribution >= 0.6 is 11.3 Å². The smallest absolute Gasteiger partial charge is 0.261 e. The lowest BCUT2D eigenvalue weighted by Crippen LogP contribution is -2.65. The lowest BCUT2D eigenvalue weighted by Gasteiger charge is -2.52. The van der Waals surface area contributed by atoms with Gasteiger partial charge in [-0.25, -0.2) is 0 Å². The molecule has 1 atom stereocenters. The summed E-state index contributed by atoms with van der Waals surface area (Å²) in [4.78, 5) is 16.4. The number of carbonyl (C=O) groups excluding carboxylic acids is 1. The van der Waals surface area contributed by atoms with E-state index in [9.17, 15) is 4.79 Å². The molecule has 4 fully saturated rings. The van der Waals surface area contributed by atoms with Gasteiger partial charge < -0.3 is 10.1 Å². The molecule has 4 aliphatic rings. The topological polar surface area (TPSA) is 41.6 Å². The molecular formula is C20H24N2O2S. The number of thiophene rings is 1. The lowest BCUT2D eigenvalue weighted by molar-refractivity contribution is -0.00138. The van der Waals surface area contributed by atoms with E-state index in [1.54, 1.807) is 18.4 Å². The summed E-state index contributed by atoms with van der Waals surface area (Å²) in [6.07, 6.45) is 4.97. The maximum absolute atomic E-state index is 12.9. The molecule has 25 heavy (non-hydrogen) atoms. The first kappa shape index (κ1) is 15.8. The molecule has 1 aromatic heterocycles. The fraction of sp³-hybridized carbons (Fsp3) is 0.550. The van der Waals surface area contributed by atoms with Crippen LogP contribution in [0, 0.1) is 5.92 Å². The zero-order chi connectivity index (χ0) is 17.0. The summed E-state index contributed by atoms with van der Waals surface area (Å²) in [5, 5.41) is 4.57. The van der Waals surface area contributed by atoms with Crippen molar-refractivity contribution >= 4 is 27.3 Å². The van der Waals surface area contributed by atoms with Gasteiger partial charge in [0, 0.05) is 17.3 Å². The van der Waals surface area contributed by atoms with Gasteiger partial charge in [0.15, 0.2) is 0 Å². The molecule has 1 amide bonds. The van der Waals surface area contributed by atoms with Crippen molar-refractivity contribution in [1.82, 2.24) is 10.2 Å². The molecule has 1 N–H and O–H groups in total. The Balaban J connectivity index is 1.38. The van der Waals surface area contributed by atoms with Crippen molar-refractivity contribution in [2.75, 3.05) is 20.2 Å². The summed E-state index contributed by atoms with van der Waals surface area (Å²) in [6.45, 7) is 3.06. The standard InChI is InChI=1S/C20H24N2O2S/c1-24-12-13-2-3-15-11-17(25-16(15)10-13)19(23)21-18-14-4-8-22(9-5-14)20(18)6-7-20/h2-3,10-11,14,18H,4-9,12H2,1H3,(H,21,23)/t18-/m1/s1. The van der Waals surface area contributed by atoms with Crippen LogP contribution in [0.1, 0.15) is 40.9 Å². The van der Waals surface area contributed by atoms with E-state index in [1.807, 2.05) is 6.07 Å². The van der Waals surface area contributed by atoms with Gasteiger partial charge in [0.2, 0.25) is 0 Å². The third kappa shape index (κ3) is 2.52. The Morgan fingerprint density at radius 3 is 2.84 bits per heavy atom. The minimum Gasteiger partial charge on any atom is -0.380 e. The molecule has 6 rings (SSSR count). The predicted octanol–water partition coefficient (Wildman–Crippen LogP) is 3.40. The van der Waals surface area contributed by atoms with Crippen LogP contribution in [-0.2, 0) is 11.3 Å². The second-order valence-electron chi connectivity index (χ2n) is 7.80. The predicted molar refractivity (Wildman–Crippen MR) is 100 cm³/mol. The second-order valence-corrected chi connectivity index (χ2v) is 8.88. The van der Waals surface area contributed by atoms with Crippen molar-refractivity contribution in [3.05, 3.63) is 34.7 Å². The molecule has 2 bridgehead atoms. The Hall–Kier alpha value is -1.43. The van der Waals surface area contributed by atoms with Gasteiger partial charge in [-0.15, -0.1) is 11.3 Å². The van der Waals surface area contributed by atoms with Crippen LogP contribution in [0.5, 0.6) is 0 Å². The summed E-state index contributed by atoms with van der Waals surface area (Å²) in [7, 11) is 1.71. The minimum atomic E-state index is 0.111. The van der Waals surface area contributed by atoms with Gasteiger partial charge >= 0.3 is 0 Å². The fourth-order valence-electron chi connectivity index (χ4n) is 4.98. The van der Waals surface area contributed by atoms with Crippen LogP contribution in [0.4, 0.5) is 0 Å². The normalized spacial score (nSPS) is 29.2. The molecule has 4 nitrogen and oxygen atoms in total. The van der Waals surface area contributed by atoms with Crippen LogP contribution in [-0.4, -0.2) is 42.6 Å². The number of hydrogen-bond acceptors (Lipinski definition) is 4. The molecule has 2 aromatic rings. The Morgan fingerprint density at radius 1 is 1.32 bits per heavy atom. The van der Waals surface area contributed by atoms with Crippen molar-refractivity contribution in [1.29, 1.82) is 0 Å². The van der Waals surface area contributed by atoms with Crippen molar-refractivity contribution < 1.29 is 9.53 Å². The van der Waals surface area contributed by atoms with Gasteiger partial charge in [-0.05, 0) is 67.8 Å². The first-order chi connectivity index (χ1) is 12.2. The maximum atomic E-state index is 12.9. The molecule has 1 spiro atoms. The van der Waals surface area contributed by atoms with Crippen LogP contribution in [0.15, 0.2) is 24.3 Å². The zero-order valence-corrected chi connectivity index (χ0v) is 15.4. The van der Waals surface area contributed by atoms with E-state index in [2.05, 4.69) is 28.4 Å². The highest BCUT2D eigenvalue weighted by atomic mass is 32.1. The molecular weight excluding hydrogens is 332 g/mol. The van der Waals surface area contributed by atoms with Crippen molar-refractivity contribution in [3.8, 4) is 0 Å². The third-order valence-corrected chi connectivity index (χ3v) is 7.48. The number of nitrogens with zero attached hydrogens (tertiary/aromatic N) is 1. The molecule has 3 saturated heterocycles. The van der Waals surface area contributed by atoms with E-state index in [4.69, 9.17) is 4.74 Å². The Labute approximate surface area is 152 Å². The fourth-order valence-corrected chi connectivity index (χ4v) is 6.01. The highest BCUT2D eigenvalue weighted by Gasteiger charge is 2.60. The monoisotopic (exact) mass is 356 g/mol. The average molecular weight is 356 g/mol. The van der Waals surface area contributed by atoms with Gasteiger partial charge in [0.05, 0.1) is 17.5 Å². The van der Waals surface area contributed by atoms with Gasteiger partial charge in [0.1, 0.15) is 0 Å². The SMILES string of the molecule is COCc1ccc2cc(C(=O)N[C@@H]3C4CCN(CC4)C34CC4)sc2c1. The van der Waals surface area contributed by atoms with E-state index >= 15 is 0 Å². The zero-order valence-electron chi connectivity index (χ0n) is 14.6. The van der Waals surface area contributed by atoms with E-state index in [0.717, 1.165) is 20.5 Å². The number of amides is 1. The summed E-state index contributed by atoms with van der Waals surface area (Å²) in [5.74, 6) is 0.777. The highest BCUT2D eigenvalue weighted by Crippen LogP contribution is 2.53. The molecule has 1 aromatic carbocycles. The van der Waals surface area contributed by atoms with E-state index < -0.39 is 0 Å². The maximum Gasteiger partial charge on any atom is 0.261 e. The van der Waals surface area contributed by atoms with Gasteiger partial charge in [0.25, 0.3) is 5.91 Å². The number of benzene rings is 1. The number of nitrogens with one attached hydrogen (secondary N) is 1. The summed E-state index contributed by atoms with van der Waals surface area (Å²) >= 11 is 1.59. The molecule has 1 saturated carbocycles. The van der Waals surface area contributed by atoms with E-state index in [1.165, 1.54) is 38.8 Å². The molecule has 1 aliphatic carbocycles. The van der Waals surface area contributed by atoms with Crippen molar-refractivity contribution in [2.24, 2.45) is 5.92 Å². The number of piperidine rings is 3. The first-order valence-corrected chi connectivity index (χ1v) is 10.1. The van der Waals surface area contributed by atoms with Crippen molar-refractivity contribution in [3.63, 3.8) is 0 Å². The van der Waals surface area contributed by atoms with Crippen LogP contribution < -0.4 is 5.32 Å². The quantitative estimate of drug-likeness (QED) is 0.913. The van der Waals surface area contributed by atoms with Gasteiger partial charge in [-0.2, -0.15) is 0 Å². The Bertz CT molecular complexity index is 818. The Morgan fingerprint density at radius 2 is 2.12 bits per heavy atom. The average Bonchev–Trinajstić information content (AvgIpc) is 3.29. The number of hydrogen-bond donors (Lipinski definition) is 1. The van der Waals surface area contributed by atoms with E-state index in [0.29, 0.717) is 24.1 Å². The first-order valence-electron chi connectivity index (χ1n) is 9.27. The summed E-state index contributed by atoms with van der Waals surface area (Å²) in [6, 6.07) is 8.68. The third-order valence-electron chi connectivity index (χ3n) is 6.39. The Kier molecular flexibility index (Phi) is 3.66. The largest absolute Gasteiger partial charge is 0.380 e. The van der Waals surface area contributed by atoms with Gasteiger partial charge in [-0.1, -0.05) is 12.1 Å². The second kappa shape index (κ2) is 5.79. The number of rotatable bonds is 4. The lowest BCUT2D eigenvalue weighted by atomic mass is 9.77. The van der Waals surface area contributed by atoms with Crippen LogP contribution in [0.3, 0.4) is 0 Å². The molecule has 0 radical (unpaired) electrons. The minimum absolute atomic E-state index is 0.111. The summed E-state index contributed by atoms with van der Waals surface area (Å²) < 4.78 is 6.37. The summed E-state index contributed by atoms with van der Waals surface area (Å²) in [5.41, 5.74) is 1.44. The number of methoxy groups -OCH3 is 1. The van der Waals surface area contributed by atoms with Gasteiger partial charge in [-0.3, -0.25) is 9.69 Å². The van der Waals surface area contributed by atoms with E-state index in [-0.39, 0.29) is 5.91 Å². The molecule has 5 heteroatoms. The van der Waals surface area contributed by atoms with Crippen LogP contribution in [0.2, 0.25) is 0 Å². The number of carbonyl (C=O) groups is 1. The molecule has 132 valence electrons. The highest BCUT2D eigenvalue weighted by molar-refractivity contribution is 7.20. The van der Waals surface area contributed by atoms with Crippen molar-refractivity contribution in [2.45, 2.75) is 43.9 Å². The molecule has 0 unspecified atom stereocenters. The van der Waals surface area contributed by atoms with Crippen LogP contribution in [0.25, 0.3) is 10.1 Å². The number of ether oxygens (including phenoxy) is 1. The molecule has 3 aliphatic heterocycles.